The molecule has 0 bridgehead atoms. The molecule has 106 valence electrons. The SMILES string of the molecule is CCc1nnc(SCC(=O)O)n1-c1cc(C)ccc1F. The number of aliphatic carboxylic acids is 1. The Kier molecular flexibility index (Phi) is 4.39. The van der Waals surface area contributed by atoms with Gasteiger partial charge in [0.05, 0.1) is 11.4 Å². The summed E-state index contributed by atoms with van der Waals surface area (Å²) in [4.78, 5) is 10.7. The van der Waals surface area contributed by atoms with Crippen LogP contribution in [0.5, 0.6) is 0 Å². The lowest BCUT2D eigenvalue weighted by atomic mass is 10.2. The highest BCUT2D eigenvalue weighted by Crippen LogP contribution is 2.24. The van der Waals surface area contributed by atoms with Gasteiger partial charge in [0, 0.05) is 6.42 Å². The molecule has 1 aromatic carbocycles. The molecule has 0 aliphatic carbocycles. The van der Waals surface area contributed by atoms with E-state index in [0.717, 1.165) is 17.3 Å². The maximum absolute atomic E-state index is 14.0. The Morgan fingerprint density at radius 1 is 1.45 bits per heavy atom. The van der Waals surface area contributed by atoms with Crippen LogP contribution in [0.25, 0.3) is 5.69 Å². The molecular formula is C13H14FN3O2S. The van der Waals surface area contributed by atoms with Crippen LogP contribution in [0.1, 0.15) is 18.3 Å². The number of halogens is 1. The van der Waals surface area contributed by atoms with Gasteiger partial charge in [-0.25, -0.2) is 4.39 Å². The van der Waals surface area contributed by atoms with Gasteiger partial charge in [-0.15, -0.1) is 10.2 Å². The van der Waals surface area contributed by atoms with Crippen LogP contribution in [-0.4, -0.2) is 31.6 Å². The highest BCUT2D eigenvalue weighted by Gasteiger charge is 2.17. The Morgan fingerprint density at radius 2 is 2.20 bits per heavy atom. The van der Waals surface area contributed by atoms with Crippen LogP contribution in [-0.2, 0) is 11.2 Å². The molecule has 20 heavy (non-hydrogen) atoms. The topological polar surface area (TPSA) is 68.0 Å². The summed E-state index contributed by atoms with van der Waals surface area (Å²) in [7, 11) is 0. The van der Waals surface area contributed by atoms with Crippen molar-refractivity contribution in [3.05, 3.63) is 35.4 Å². The Labute approximate surface area is 119 Å². The number of hydrogen-bond donors (Lipinski definition) is 1. The Bertz CT molecular complexity index is 643. The average molecular weight is 295 g/mol. The predicted octanol–water partition coefficient (Wildman–Crippen LogP) is 2.45. The molecule has 2 rings (SSSR count). The first kappa shape index (κ1) is 14.5. The number of thioether (sulfide) groups is 1. The summed E-state index contributed by atoms with van der Waals surface area (Å²) in [6.07, 6.45) is 0.577. The molecule has 1 N–H and O–H groups in total. The summed E-state index contributed by atoms with van der Waals surface area (Å²) < 4.78 is 15.6. The second-order valence-electron chi connectivity index (χ2n) is 4.23. The number of carboxylic acids is 1. The van der Waals surface area contributed by atoms with Gasteiger partial charge in [-0.3, -0.25) is 9.36 Å². The molecule has 0 atom stereocenters. The maximum atomic E-state index is 14.0. The molecule has 7 heteroatoms. The Morgan fingerprint density at radius 3 is 2.85 bits per heavy atom. The van der Waals surface area contributed by atoms with Crippen LogP contribution in [0.2, 0.25) is 0 Å². The third-order valence-corrected chi connectivity index (χ3v) is 3.60. The first-order chi connectivity index (χ1) is 9.52. The zero-order valence-electron chi connectivity index (χ0n) is 11.1. The molecule has 0 saturated carbocycles. The summed E-state index contributed by atoms with van der Waals surface area (Å²) in [6.45, 7) is 3.75. The molecule has 0 aliphatic heterocycles. The Hall–Kier alpha value is -1.89. The maximum Gasteiger partial charge on any atom is 0.313 e. The quantitative estimate of drug-likeness (QED) is 0.858. The van der Waals surface area contributed by atoms with Crippen LogP contribution in [0.3, 0.4) is 0 Å². The number of rotatable bonds is 5. The van der Waals surface area contributed by atoms with Gasteiger partial charge >= 0.3 is 5.97 Å². The highest BCUT2D eigenvalue weighted by molar-refractivity contribution is 7.99. The minimum atomic E-state index is -0.952. The molecule has 0 amide bonds. The molecule has 0 radical (unpaired) electrons. The number of nitrogens with zero attached hydrogens (tertiary/aromatic N) is 3. The Balaban J connectivity index is 2.50. The molecule has 0 spiro atoms. The van der Waals surface area contributed by atoms with Crippen molar-refractivity contribution in [3.63, 3.8) is 0 Å². The summed E-state index contributed by atoms with van der Waals surface area (Å²) in [5.41, 5.74) is 1.26. The van der Waals surface area contributed by atoms with E-state index >= 15 is 0 Å². The number of benzene rings is 1. The van der Waals surface area contributed by atoms with E-state index in [-0.39, 0.29) is 11.6 Å². The molecule has 1 aromatic heterocycles. The number of carbonyl (C=O) groups is 1. The monoisotopic (exact) mass is 295 g/mol. The molecule has 1 heterocycles. The van der Waals surface area contributed by atoms with Gasteiger partial charge in [-0.2, -0.15) is 0 Å². The largest absolute Gasteiger partial charge is 0.481 e. The first-order valence-corrected chi connectivity index (χ1v) is 7.07. The van der Waals surface area contributed by atoms with Crippen LogP contribution < -0.4 is 0 Å². The van der Waals surface area contributed by atoms with E-state index in [1.54, 1.807) is 16.7 Å². The number of aromatic nitrogens is 3. The second-order valence-corrected chi connectivity index (χ2v) is 5.17. The minimum absolute atomic E-state index is 0.144. The van der Waals surface area contributed by atoms with Crippen LogP contribution in [0, 0.1) is 12.7 Å². The first-order valence-electron chi connectivity index (χ1n) is 6.08. The van der Waals surface area contributed by atoms with Crippen LogP contribution in [0.4, 0.5) is 4.39 Å². The smallest absolute Gasteiger partial charge is 0.313 e. The third kappa shape index (κ3) is 2.98. The second kappa shape index (κ2) is 6.04. The molecule has 0 fully saturated rings. The molecule has 5 nitrogen and oxygen atoms in total. The van der Waals surface area contributed by atoms with Crippen molar-refractivity contribution in [2.24, 2.45) is 0 Å². The minimum Gasteiger partial charge on any atom is -0.481 e. The lowest BCUT2D eigenvalue weighted by Gasteiger charge is -2.10. The fourth-order valence-corrected chi connectivity index (χ4v) is 2.47. The molecule has 0 unspecified atom stereocenters. The summed E-state index contributed by atoms with van der Waals surface area (Å²) >= 11 is 1.02. The number of aryl methyl sites for hydroxylation is 2. The fraction of sp³-hybridized carbons (Fsp3) is 0.308. The van der Waals surface area contributed by atoms with Crippen molar-refractivity contribution in [1.29, 1.82) is 0 Å². The zero-order valence-corrected chi connectivity index (χ0v) is 11.9. The fourth-order valence-electron chi connectivity index (χ4n) is 1.79. The van der Waals surface area contributed by atoms with Gasteiger partial charge in [0.1, 0.15) is 11.6 Å². The van der Waals surface area contributed by atoms with E-state index in [2.05, 4.69) is 10.2 Å². The van der Waals surface area contributed by atoms with Gasteiger partial charge in [0.15, 0.2) is 5.16 Å². The van der Waals surface area contributed by atoms with E-state index in [1.807, 2.05) is 13.8 Å². The highest BCUT2D eigenvalue weighted by atomic mass is 32.2. The standard InChI is InChI=1S/C13H14FN3O2S/c1-3-11-15-16-13(20-7-12(18)19)17(11)10-6-8(2)4-5-9(10)14/h4-6H,3,7H2,1-2H3,(H,18,19). The van der Waals surface area contributed by atoms with Crippen molar-refractivity contribution < 1.29 is 14.3 Å². The third-order valence-electron chi connectivity index (χ3n) is 2.68. The molecule has 0 saturated heterocycles. The molecule has 2 aromatic rings. The van der Waals surface area contributed by atoms with Crippen molar-refractivity contribution >= 4 is 17.7 Å². The van der Waals surface area contributed by atoms with Gasteiger partial charge in [-0.1, -0.05) is 24.8 Å². The van der Waals surface area contributed by atoms with E-state index in [0.29, 0.717) is 23.1 Å². The van der Waals surface area contributed by atoms with Gasteiger partial charge in [-0.05, 0) is 24.6 Å². The zero-order chi connectivity index (χ0) is 14.7. The number of hydrogen-bond acceptors (Lipinski definition) is 4. The average Bonchev–Trinajstić information content (AvgIpc) is 2.82. The van der Waals surface area contributed by atoms with Crippen molar-refractivity contribution in [2.45, 2.75) is 25.4 Å². The van der Waals surface area contributed by atoms with Crippen molar-refractivity contribution in [2.75, 3.05) is 5.75 Å². The van der Waals surface area contributed by atoms with E-state index in [1.165, 1.54) is 6.07 Å². The van der Waals surface area contributed by atoms with Gasteiger partial charge in [0.25, 0.3) is 0 Å². The molecular weight excluding hydrogens is 281 g/mol. The van der Waals surface area contributed by atoms with E-state index < -0.39 is 5.97 Å². The van der Waals surface area contributed by atoms with Crippen LogP contribution in [0.15, 0.2) is 23.4 Å². The van der Waals surface area contributed by atoms with Crippen molar-refractivity contribution in [1.82, 2.24) is 14.8 Å². The van der Waals surface area contributed by atoms with Crippen LogP contribution >= 0.6 is 11.8 Å². The van der Waals surface area contributed by atoms with Crippen molar-refractivity contribution in [3.8, 4) is 5.69 Å². The van der Waals surface area contributed by atoms with E-state index in [9.17, 15) is 9.18 Å². The lowest BCUT2D eigenvalue weighted by molar-refractivity contribution is -0.133. The van der Waals surface area contributed by atoms with E-state index in [4.69, 9.17) is 5.11 Å². The lowest BCUT2D eigenvalue weighted by Crippen LogP contribution is -2.06. The van der Waals surface area contributed by atoms with Gasteiger partial charge < -0.3 is 5.11 Å². The summed E-state index contributed by atoms with van der Waals surface area (Å²) in [5.74, 6) is -0.882. The van der Waals surface area contributed by atoms with Gasteiger partial charge in [0.2, 0.25) is 0 Å². The summed E-state index contributed by atoms with van der Waals surface area (Å²) in [5, 5.41) is 17.1. The number of carboxylic acid groups (broad SMARTS) is 1. The normalized spacial score (nSPS) is 10.8. The molecule has 0 aliphatic rings. The summed E-state index contributed by atoms with van der Waals surface area (Å²) in [6, 6.07) is 4.76. The predicted molar refractivity (Wildman–Crippen MR) is 73.8 cm³/mol.